The second-order valence-corrected chi connectivity index (χ2v) is 4.97. The molecule has 0 aromatic rings. The largest absolute Gasteiger partial charge is 0.466 e. The minimum atomic E-state index is 0.00700. The van der Waals surface area contributed by atoms with Crippen molar-refractivity contribution in [2.45, 2.75) is 64.8 Å². The summed E-state index contributed by atoms with van der Waals surface area (Å²) < 4.78 is 5.11. The molecule has 1 N–H and O–H groups in total. The van der Waals surface area contributed by atoms with Gasteiger partial charge in [0.2, 0.25) is 0 Å². The second-order valence-electron chi connectivity index (χ2n) is 4.97. The van der Waals surface area contributed by atoms with Crippen LogP contribution < -0.4 is 5.32 Å². The molecule has 2 unspecified atom stereocenters. The van der Waals surface area contributed by atoms with E-state index in [2.05, 4.69) is 12.2 Å². The Labute approximate surface area is 105 Å². The molecule has 0 aliphatic heterocycles. The van der Waals surface area contributed by atoms with Gasteiger partial charge in [-0.3, -0.25) is 4.79 Å². The van der Waals surface area contributed by atoms with Crippen LogP contribution in [0.15, 0.2) is 0 Å². The van der Waals surface area contributed by atoms with Crippen molar-refractivity contribution >= 4 is 5.97 Å². The summed E-state index contributed by atoms with van der Waals surface area (Å²) in [5.74, 6) is 0.139. The predicted octanol–water partition coefficient (Wildman–Crippen LogP) is 2.89. The van der Waals surface area contributed by atoms with E-state index >= 15 is 0 Å². The van der Waals surface area contributed by atoms with Crippen molar-refractivity contribution in [2.24, 2.45) is 5.92 Å². The number of ether oxygens (including phenoxy) is 1. The highest BCUT2D eigenvalue weighted by molar-refractivity contribution is 5.72. The predicted molar refractivity (Wildman–Crippen MR) is 69.9 cm³/mol. The van der Waals surface area contributed by atoms with Crippen LogP contribution in [0.3, 0.4) is 0 Å². The average Bonchev–Trinajstić information content (AvgIpc) is 2.35. The molecule has 1 rings (SSSR count). The van der Waals surface area contributed by atoms with Gasteiger partial charge in [-0.1, -0.05) is 26.2 Å². The van der Waals surface area contributed by atoms with E-state index in [0.717, 1.165) is 25.8 Å². The van der Waals surface area contributed by atoms with Gasteiger partial charge in [0.1, 0.15) is 0 Å². The molecule has 1 aliphatic carbocycles. The fourth-order valence-corrected chi connectivity index (χ4v) is 2.53. The highest BCUT2D eigenvalue weighted by Gasteiger charge is 2.27. The highest BCUT2D eigenvalue weighted by atomic mass is 16.5. The molecular weight excluding hydrogens is 214 g/mol. The minimum Gasteiger partial charge on any atom is -0.466 e. The van der Waals surface area contributed by atoms with Crippen molar-refractivity contribution in [3.63, 3.8) is 0 Å². The van der Waals surface area contributed by atoms with E-state index in [4.69, 9.17) is 4.74 Å². The molecule has 2 atom stereocenters. The molecule has 3 nitrogen and oxygen atoms in total. The first-order chi connectivity index (χ1) is 8.27. The summed E-state index contributed by atoms with van der Waals surface area (Å²) in [6, 6.07) is 0.523. The van der Waals surface area contributed by atoms with Gasteiger partial charge in [-0.05, 0) is 39.2 Å². The first-order valence-electron chi connectivity index (χ1n) is 7.18. The summed E-state index contributed by atoms with van der Waals surface area (Å²) in [7, 11) is 0. The van der Waals surface area contributed by atoms with Crippen molar-refractivity contribution in [3.05, 3.63) is 0 Å². The third kappa shape index (κ3) is 5.53. The van der Waals surface area contributed by atoms with Gasteiger partial charge >= 0.3 is 5.97 Å². The third-order valence-electron chi connectivity index (χ3n) is 3.51. The molecular formula is C14H27NO2. The molecule has 0 aromatic heterocycles. The van der Waals surface area contributed by atoms with E-state index in [1.54, 1.807) is 0 Å². The number of nitrogens with one attached hydrogen (secondary N) is 1. The molecule has 0 amide bonds. The Morgan fingerprint density at radius 2 is 2.12 bits per heavy atom. The Kier molecular flexibility index (Phi) is 7.25. The van der Waals surface area contributed by atoms with Gasteiger partial charge in [0.15, 0.2) is 0 Å². The van der Waals surface area contributed by atoms with E-state index in [1.807, 2.05) is 6.92 Å². The van der Waals surface area contributed by atoms with Crippen molar-refractivity contribution < 1.29 is 9.53 Å². The summed E-state index contributed by atoms with van der Waals surface area (Å²) in [4.78, 5) is 11.7. The Bertz CT molecular complexity index is 218. The first-order valence-corrected chi connectivity index (χ1v) is 7.18. The fraction of sp³-hybridized carbons (Fsp3) is 0.929. The van der Waals surface area contributed by atoms with Crippen LogP contribution in [0.1, 0.15) is 58.8 Å². The van der Waals surface area contributed by atoms with Gasteiger partial charge in [-0.15, -0.1) is 0 Å². The maximum atomic E-state index is 11.7. The van der Waals surface area contributed by atoms with Gasteiger partial charge in [0.25, 0.3) is 0 Å². The SMILES string of the molecule is CCCCCNC1CCCC(C(=O)OCC)C1. The number of carbonyl (C=O) groups excluding carboxylic acids is 1. The normalized spacial score (nSPS) is 24.6. The summed E-state index contributed by atoms with van der Waals surface area (Å²) in [5, 5.41) is 3.58. The van der Waals surface area contributed by atoms with Gasteiger partial charge in [0.05, 0.1) is 12.5 Å². The first kappa shape index (κ1) is 14.5. The number of esters is 1. The van der Waals surface area contributed by atoms with Gasteiger partial charge in [0, 0.05) is 6.04 Å². The van der Waals surface area contributed by atoms with Gasteiger partial charge in [-0.2, -0.15) is 0 Å². The summed E-state index contributed by atoms with van der Waals surface area (Å²) in [6.45, 7) is 5.69. The highest BCUT2D eigenvalue weighted by Crippen LogP contribution is 2.25. The Balaban J connectivity index is 2.21. The molecule has 1 fully saturated rings. The summed E-state index contributed by atoms with van der Waals surface area (Å²) in [5.41, 5.74) is 0. The van der Waals surface area contributed by atoms with E-state index in [1.165, 1.54) is 25.7 Å². The lowest BCUT2D eigenvalue weighted by Gasteiger charge is -2.28. The molecule has 0 bridgehead atoms. The van der Waals surface area contributed by atoms with Crippen LogP contribution in [-0.4, -0.2) is 25.2 Å². The molecule has 1 aliphatic rings. The standard InChI is InChI=1S/C14H27NO2/c1-3-5-6-10-15-13-9-7-8-12(11-13)14(16)17-4-2/h12-13,15H,3-11H2,1-2H3. The zero-order chi connectivity index (χ0) is 12.5. The summed E-state index contributed by atoms with van der Waals surface area (Å²) >= 11 is 0. The lowest BCUT2D eigenvalue weighted by atomic mass is 9.85. The number of unbranched alkanes of at least 4 members (excludes halogenated alkanes) is 2. The van der Waals surface area contributed by atoms with Crippen LogP contribution in [0.25, 0.3) is 0 Å². The lowest BCUT2D eigenvalue weighted by Crippen LogP contribution is -2.37. The smallest absolute Gasteiger partial charge is 0.308 e. The Morgan fingerprint density at radius 1 is 1.29 bits per heavy atom. The quantitative estimate of drug-likeness (QED) is 0.550. The molecule has 17 heavy (non-hydrogen) atoms. The zero-order valence-corrected chi connectivity index (χ0v) is 11.3. The fourth-order valence-electron chi connectivity index (χ4n) is 2.53. The van der Waals surface area contributed by atoms with Crippen molar-refractivity contribution in [1.29, 1.82) is 0 Å². The average molecular weight is 241 g/mol. The molecule has 1 saturated carbocycles. The molecule has 100 valence electrons. The topological polar surface area (TPSA) is 38.3 Å². The zero-order valence-electron chi connectivity index (χ0n) is 11.3. The monoisotopic (exact) mass is 241 g/mol. The van der Waals surface area contributed by atoms with Gasteiger partial charge in [-0.25, -0.2) is 0 Å². The number of rotatable bonds is 7. The van der Waals surface area contributed by atoms with Crippen LogP contribution in [0.2, 0.25) is 0 Å². The Hall–Kier alpha value is -0.570. The molecule has 3 heteroatoms. The minimum absolute atomic E-state index is 0.00700. The van der Waals surface area contributed by atoms with Crippen molar-refractivity contribution in [1.82, 2.24) is 5.32 Å². The van der Waals surface area contributed by atoms with Crippen LogP contribution in [0.5, 0.6) is 0 Å². The van der Waals surface area contributed by atoms with Crippen LogP contribution >= 0.6 is 0 Å². The number of carbonyl (C=O) groups is 1. The molecule has 0 spiro atoms. The van der Waals surface area contributed by atoms with Gasteiger partial charge < -0.3 is 10.1 Å². The molecule has 0 radical (unpaired) electrons. The Morgan fingerprint density at radius 3 is 2.82 bits per heavy atom. The van der Waals surface area contributed by atoms with E-state index < -0.39 is 0 Å². The third-order valence-corrected chi connectivity index (χ3v) is 3.51. The van der Waals surface area contributed by atoms with Crippen LogP contribution in [0, 0.1) is 5.92 Å². The molecule has 0 heterocycles. The maximum Gasteiger partial charge on any atom is 0.308 e. The second kappa shape index (κ2) is 8.51. The molecule has 0 saturated heterocycles. The van der Waals surface area contributed by atoms with E-state index in [-0.39, 0.29) is 11.9 Å². The van der Waals surface area contributed by atoms with E-state index in [9.17, 15) is 4.79 Å². The lowest BCUT2D eigenvalue weighted by molar-refractivity contribution is -0.149. The van der Waals surface area contributed by atoms with Crippen LogP contribution in [-0.2, 0) is 9.53 Å². The van der Waals surface area contributed by atoms with E-state index in [0.29, 0.717) is 12.6 Å². The van der Waals surface area contributed by atoms with Crippen molar-refractivity contribution in [3.8, 4) is 0 Å². The maximum absolute atomic E-state index is 11.7. The number of hydrogen-bond acceptors (Lipinski definition) is 3. The molecule has 0 aromatic carbocycles. The van der Waals surface area contributed by atoms with Crippen molar-refractivity contribution in [2.75, 3.05) is 13.2 Å². The number of hydrogen-bond donors (Lipinski definition) is 1. The summed E-state index contributed by atoms with van der Waals surface area (Å²) in [6.07, 6.45) is 8.13. The van der Waals surface area contributed by atoms with Crippen LogP contribution in [0.4, 0.5) is 0 Å².